The zero-order valence-electron chi connectivity index (χ0n) is 14.0. The monoisotopic (exact) mass is 365 g/mol. The molecule has 0 unspecified atom stereocenters. The second kappa shape index (κ2) is 10.3. The fraction of sp³-hybridized carbons (Fsp3) is 0.235. The quantitative estimate of drug-likeness (QED) is 0.330. The summed E-state index contributed by atoms with van der Waals surface area (Å²) in [6.07, 6.45) is 4.94. The van der Waals surface area contributed by atoms with Gasteiger partial charge in [0, 0.05) is 17.7 Å². The van der Waals surface area contributed by atoms with Gasteiger partial charge < -0.3 is 27.0 Å². The molecule has 0 spiro atoms. The summed E-state index contributed by atoms with van der Waals surface area (Å²) >= 11 is 0. The van der Waals surface area contributed by atoms with Crippen molar-refractivity contribution in [3.8, 4) is 11.5 Å². The lowest BCUT2D eigenvalue weighted by Gasteiger charge is -2.06. The molecule has 1 amide bonds. The second-order valence-electron chi connectivity index (χ2n) is 4.86. The van der Waals surface area contributed by atoms with Crippen molar-refractivity contribution in [1.29, 1.82) is 0 Å². The van der Waals surface area contributed by atoms with Crippen LogP contribution in [0.1, 0.15) is 15.9 Å². The summed E-state index contributed by atoms with van der Waals surface area (Å²) in [6.45, 7) is 0.526. The van der Waals surface area contributed by atoms with Crippen molar-refractivity contribution in [3.05, 3.63) is 53.9 Å². The second-order valence-corrected chi connectivity index (χ2v) is 4.86. The zero-order valence-corrected chi connectivity index (χ0v) is 14.7. The van der Waals surface area contributed by atoms with Gasteiger partial charge in [-0.15, -0.1) is 0 Å². The Kier molecular flexibility index (Phi) is 8.38. The number of aliphatic hydroxyl groups is 1. The molecule has 1 aromatic heterocycles. The Morgan fingerprint density at radius 2 is 1.96 bits per heavy atom. The number of carbonyl (C=O) groups excluding carboxylic acids is 1. The smallest absolute Gasteiger partial charge is 0.271 e. The van der Waals surface area contributed by atoms with Gasteiger partial charge in [-0.1, -0.05) is 0 Å². The zero-order chi connectivity index (χ0) is 17.4. The lowest BCUT2D eigenvalue weighted by Crippen LogP contribution is -3.00. The van der Waals surface area contributed by atoms with Crippen LogP contribution in [0.2, 0.25) is 0 Å². The predicted octanol–water partition coefficient (Wildman–Crippen LogP) is -2.25. The maximum absolute atomic E-state index is 12.0. The molecule has 0 atom stereocenters. The van der Waals surface area contributed by atoms with E-state index in [1.165, 1.54) is 6.21 Å². The highest BCUT2D eigenvalue weighted by molar-refractivity contribution is 5.94. The van der Waals surface area contributed by atoms with Gasteiger partial charge in [-0.3, -0.25) is 4.79 Å². The maximum atomic E-state index is 12.0. The van der Waals surface area contributed by atoms with Gasteiger partial charge in [0.1, 0.15) is 18.1 Å². The highest BCUT2D eigenvalue weighted by atomic mass is 35.5. The molecular formula is C17H20ClN3O4. The highest BCUT2D eigenvalue weighted by Gasteiger charge is 2.07. The average Bonchev–Trinajstić information content (AvgIpc) is 2.62. The normalized spacial score (nSPS) is 10.2. The molecule has 0 saturated heterocycles. The van der Waals surface area contributed by atoms with Crippen molar-refractivity contribution < 1.29 is 36.3 Å². The van der Waals surface area contributed by atoms with Crippen LogP contribution in [-0.4, -0.2) is 38.1 Å². The number of aliphatic hydroxyl groups excluding tert-OH is 1. The van der Waals surface area contributed by atoms with Crippen molar-refractivity contribution in [3.63, 3.8) is 0 Å². The molecule has 2 rings (SSSR count). The molecule has 0 radical (unpaired) electrons. The number of carbonyl (C=O) groups is 1. The first-order valence-electron chi connectivity index (χ1n) is 7.33. The number of nitrogens with one attached hydrogen (secondary N) is 1. The molecular weight excluding hydrogens is 346 g/mol. The van der Waals surface area contributed by atoms with E-state index >= 15 is 0 Å². The summed E-state index contributed by atoms with van der Waals surface area (Å²) in [6, 6.07) is 8.62. The molecule has 0 aliphatic heterocycles. The summed E-state index contributed by atoms with van der Waals surface area (Å²) in [4.78, 5) is 12.0. The van der Waals surface area contributed by atoms with Gasteiger partial charge in [0.2, 0.25) is 0 Å². The lowest BCUT2D eigenvalue weighted by molar-refractivity contribution is -0.698. The minimum atomic E-state index is -0.329. The lowest BCUT2D eigenvalue weighted by atomic mass is 10.2. The Labute approximate surface area is 152 Å². The van der Waals surface area contributed by atoms with Crippen LogP contribution >= 0.6 is 0 Å². The van der Waals surface area contributed by atoms with Crippen molar-refractivity contribution in [2.45, 2.75) is 6.54 Å². The fourth-order valence-corrected chi connectivity index (χ4v) is 2.04. The third-order valence-corrected chi connectivity index (χ3v) is 3.32. The molecule has 1 heterocycles. The molecule has 134 valence electrons. The molecule has 25 heavy (non-hydrogen) atoms. The number of ether oxygens (including phenoxy) is 2. The molecule has 0 saturated carbocycles. The summed E-state index contributed by atoms with van der Waals surface area (Å²) < 4.78 is 12.2. The summed E-state index contributed by atoms with van der Waals surface area (Å²) in [5.41, 5.74) is 3.62. The van der Waals surface area contributed by atoms with E-state index in [4.69, 9.17) is 14.6 Å². The van der Waals surface area contributed by atoms with Crippen LogP contribution in [0.5, 0.6) is 11.5 Å². The van der Waals surface area contributed by atoms with Gasteiger partial charge in [-0.25, -0.2) is 9.99 Å². The molecule has 0 aliphatic rings. The number of amides is 1. The molecule has 0 fully saturated rings. The Morgan fingerprint density at radius 3 is 2.56 bits per heavy atom. The van der Waals surface area contributed by atoms with E-state index in [9.17, 15) is 4.79 Å². The van der Waals surface area contributed by atoms with E-state index in [-0.39, 0.29) is 24.9 Å². The van der Waals surface area contributed by atoms with Crippen LogP contribution < -0.4 is 31.9 Å². The Morgan fingerprint density at radius 1 is 1.24 bits per heavy atom. The Balaban J connectivity index is 0.00000312. The van der Waals surface area contributed by atoms with Gasteiger partial charge in [-0.05, 0) is 18.2 Å². The minimum Gasteiger partial charge on any atom is -1.00 e. The van der Waals surface area contributed by atoms with E-state index in [1.807, 2.05) is 0 Å². The first-order chi connectivity index (χ1) is 11.7. The molecule has 0 aliphatic carbocycles. The number of hydrogen-bond donors (Lipinski definition) is 2. The number of rotatable bonds is 7. The highest BCUT2D eigenvalue weighted by Crippen LogP contribution is 2.22. The third kappa shape index (κ3) is 5.74. The fourth-order valence-electron chi connectivity index (χ4n) is 2.04. The van der Waals surface area contributed by atoms with Crippen LogP contribution in [0.4, 0.5) is 0 Å². The van der Waals surface area contributed by atoms with Crippen molar-refractivity contribution in [1.82, 2.24) is 5.43 Å². The summed E-state index contributed by atoms with van der Waals surface area (Å²) in [7, 11) is 3.13. The van der Waals surface area contributed by atoms with E-state index in [0.29, 0.717) is 29.2 Å². The number of pyridine rings is 1. The van der Waals surface area contributed by atoms with E-state index in [2.05, 4.69) is 10.5 Å². The Hall–Kier alpha value is -2.64. The standard InChI is InChI=1S/C17H19N3O4.ClH/c1-23-15-3-4-16(24-2)14(11-15)12-18-19-17(22)13-5-7-20(8-6-13)9-10-21;/h3-8,11-12,21H,9-10H2,1-2H3;1H. The van der Waals surface area contributed by atoms with Gasteiger partial charge in [0.25, 0.3) is 5.91 Å². The van der Waals surface area contributed by atoms with Gasteiger partial charge in [0.05, 0.1) is 26.0 Å². The first-order valence-corrected chi connectivity index (χ1v) is 7.33. The molecule has 8 heteroatoms. The molecule has 2 N–H and O–H groups in total. The van der Waals surface area contributed by atoms with Crippen molar-refractivity contribution in [2.24, 2.45) is 5.10 Å². The average molecular weight is 366 g/mol. The number of hydrazone groups is 1. The minimum absolute atomic E-state index is 0. The topological polar surface area (TPSA) is 84.0 Å². The van der Waals surface area contributed by atoms with E-state index in [0.717, 1.165) is 0 Å². The summed E-state index contributed by atoms with van der Waals surface area (Å²) in [5.74, 6) is 0.961. The van der Waals surface area contributed by atoms with E-state index < -0.39 is 0 Å². The largest absolute Gasteiger partial charge is 1.00 e. The third-order valence-electron chi connectivity index (χ3n) is 3.32. The van der Waals surface area contributed by atoms with Crippen LogP contribution in [0.25, 0.3) is 0 Å². The van der Waals surface area contributed by atoms with E-state index in [1.54, 1.807) is 61.5 Å². The van der Waals surface area contributed by atoms with Gasteiger partial charge in [0.15, 0.2) is 18.9 Å². The van der Waals surface area contributed by atoms with Crippen LogP contribution in [0.3, 0.4) is 0 Å². The van der Waals surface area contributed by atoms with Crippen LogP contribution in [-0.2, 0) is 6.54 Å². The van der Waals surface area contributed by atoms with Crippen LogP contribution in [0, 0.1) is 0 Å². The molecule has 1 aromatic carbocycles. The Bertz CT molecular complexity index is 720. The van der Waals surface area contributed by atoms with Crippen LogP contribution in [0.15, 0.2) is 47.8 Å². The molecule has 0 bridgehead atoms. The molecule has 7 nitrogen and oxygen atoms in total. The maximum Gasteiger partial charge on any atom is 0.271 e. The number of nitrogens with zero attached hydrogens (tertiary/aromatic N) is 2. The number of halogens is 1. The van der Waals surface area contributed by atoms with Crippen molar-refractivity contribution >= 4 is 12.1 Å². The number of aromatic nitrogens is 1. The number of hydrogen-bond acceptors (Lipinski definition) is 5. The molecule has 2 aromatic rings. The number of methoxy groups -OCH3 is 2. The number of benzene rings is 1. The SMILES string of the molecule is COc1ccc(OC)c(/C=N/NC(=O)c2cc[n+](CCO)cc2)c1.[Cl-]. The van der Waals surface area contributed by atoms with Gasteiger partial charge in [-0.2, -0.15) is 5.10 Å². The first kappa shape index (κ1) is 20.4. The van der Waals surface area contributed by atoms with Crippen molar-refractivity contribution in [2.75, 3.05) is 20.8 Å². The predicted molar refractivity (Wildman–Crippen MR) is 88.3 cm³/mol. The van der Waals surface area contributed by atoms with Gasteiger partial charge >= 0.3 is 0 Å². The summed E-state index contributed by atoms with van der Waals surface area (Å²) in [5, 5.41) is 12.8.